The summed E-state index contributed by atoms with van der Waals surface area (Å²) in [6.45, 7) is 7.77. The smallest absolute Gasteiger partial charge is 0.307 e. The van der Waals surface area contributed by atoms with Crippen LogP contribution in [0, 0.1) is 0 Å². The fourth-order valence-electron chi connectivity index (χ4n) is 1.64. The average Bonchev–Trinajstić information content (AvgIpc) is 2.37. The first-order valence-corrected chi connectivity index (χ1v) is 8.77. The maximum Gasteiger partial charge on any atom is 0.307 e. The van der Waals surface area contributed by atoms with Gasteiger partial charge in [-0.05, 0) is 45.4 Å². The molecule has 0 aliphatic carbocycles. The van der Waals surface area contributed by atoms with Crippen molar-refractivity contribution in [1.29, 1.82) is 0 Å². The van der Waals surface area contributed by atoms with E-state index in [9.17, 15) is 9.35 Å². The molecule has 0 spiro atoms. The highest BCUT2D eigenvalue weighted by molar-refractivity contribution is 9.10. The highest BCUT2D eigenvalue weighted by atomic mass is 79.9. The molecule has 1 aromatic rings. The number of carbonyl (C=O) groups is 1. The van der Waals surface area contributed by atoms with E-state index in [4.69, 9.17) is 4.74 Å². The molecule has 0 fully saturated rings. The number of hydrogen-bond donors (Lipinski definition) is 1. The normalized spacial score (nSPS) is 14.6. The van der Waals surface area contributed by atoms with Crippen LogP contribution in [0.4, 0.5) is 0 Å². The van der Waals surface area contributed by atoms with E-state index < -0.39 is 16.1 Å². The Morgan fingerprint density at radius 2 is 2.14 bits per heavy atom. The summed E-state index contributed by atoms with van der Waals surface area (Å²) in [7, 11) is 0. The minimum Gasteiger partial charge on any atom is -0.598 e. The molecule has 0 amide bonds. The third-order valence-corrected chi connectivity index (χ3v) is 4.84. The standard InChI is InChI=1S/C15H22BrNO3S/c1-5-20-14(18)10-13(17-21(19)15(2,3)4)11-7-6-8-12(16)9-11/h6-9,13,17H,5,10H2,1-4H3/t13-,21+/m0/s1. The number of esters is 1. The Kier molecular flexibility index (Phi) is 7.20. The lowest BCUT2D eigenvalue weighted by atomic mass is 10.1. The molecule has 0 saturated heterocycles. The molecule has 0 unspecified atom stereocenters. The van der Waals surface area contributed by atoms with Gasteiger partial charge in [0.05, 0.1) is 19.1 Å². The van der Waals surface area contributed by atoms with Crippen molar-refractivity contribution in [3.05, 3.63) is 34.3 Å². The molecule has 1 N–H and O–H groups in total. The molecule has 2 atom stereocenters. The maximum atomic E-state index is 12.3. The van der Waals surface area contributed by atoms with E-state index in [2.05, 4.69) is 20.7 Å². The van der Waals surface area contributed by atoms with Crippen LogP contribution >= 0.6 is 15.9 Å². The number of hydrogen-bond acceptors (Lipinski definition) is 4. The third kappa shape index (κ3) is 6.38. The number of halogens is 1. The second-order valence-electron chi connectivity index (χ2n) is 5.62. The minimum absolute atomic E-state index is 0.145. The second kappa shape index (κ2) is 8.17. The largest absolute Gasteiger partial charge is 0.598 e. The van der Waals surface area contributed by atoms with Crippen LogP contribution in [0.15, 0.2) is 28.7 Å². The van der Waals surface area contributed by atoms with Crippen LogP contribution in [0.1, 0.15) is 45.7 Å². The van der Waals surface area contributed by atoms with Gasteiger partial charge < -0.3 is 9.29 Å². The van der Waals surface area contributed by atoms with Crippen LogP contribution in [-0.4, -0.2) is 21.9 Å². The van der Waals surface area contributed by atoms with Crippen molar-refractivity contribution in [2.24, 2.45) is 0 Å². The molecule has 4 nitrogen and oxygen atoms in total. The zero-order valence-electron chi connectivity index (χ0n) is 12.8. The van der Waals surface area contributed by atoms with Crippen LogP contribution in [0.2, 0.25) is 0 Å². The van der Waals surface area contributed by atoms with Gasteiger partial charge in [-0.3, -0.25) is 4.79 Å². The van der Waals surface area contributed by atoms with Gasteiger partial charge in [0.25, 0.3) is 0 Å². The average molecular weight is 376 g/mol. The minimum atomic E-state index is -1.27. The van der Waals surface area contributed by atoms with Gasteiger partial charge in [0.1, 0.15) is 4.75 Å². The van der Waals surface area contributed by atoms with Crippen LogP contribution in [0.3, 0.4) is 0 Å². The van der Waals surface area contributed by atoms with Crippen molar-refractivity contribution in [3.63, 3.8) is 0 Å². The van der Waals surface area contributed by atoms with E-state index in [1.54, 1.807) is 6.92 Å². The maximum absolute atomic E-state index is 12.3. The second-order valence-corrected chi connectivity index (χ2v) is 8.53. The topological polar surface area (TPSA) is 61.4 Å². The fraction of sp³-hybridized carbons (Fsp3) is 0.533. The highest BCUT2D eigenvalue weighted by Gasteiger charge is 2.31. The van der Waals surface area contributed by atoms with E-state index in [1.807, 2.05) is 45.0 Å². The number of carbonyl (C=O) groups excluding carboxylic acids is 1. The Morgan fingerprint density at radius 1 is 1.48 bits per heavy atom. The van der Waals surface area contributed by atoms with E-state index in [-0.39, 0.29) is 18.4 Å². The Labute approximate surface area is 138 Å². The predicted molar refractivity (Wildman–Crippen MR) is 89.2 cm³/mol. The van der Waals surface area contributed by atoms with Gasteiger partial charge in [0.15, 0.2) is 0 Å². The molecule has 1 aromatic carbocycles. The molecule has 0 aliphatic rings. The van der Waals surface area contributed by atoms with Crippen molar-refractivity contribution in [2.75, 3.05) is 6.61 Å². The predicted octanol–water partition coefficient (Wildman–Crippen LogP) is 3.50. The molecule has 21 heavy (non-hydrogen) atoms. The zero-order valence-corrected chi connectivity index (χ0v) is 15.2. The zero-order chi connectivity index (χ0) is 16.0. The van der Waals surface area contributed by atoms with Gasteiger partial charge in [0, 0.05) is 15.8 Å². The Bertz CT molecular complexity index is 476. The lowest BCUT2D eigenvalue weighted by Crippen LogP contribution is -2.42. The van der Waals surface area contributed by atoms with E-state index in [0.717, 1.165) is 10.0 Å². The molecule has 0 aliphatic heterocycles. The summed E-state index contributed by atoms with van der Waals surface area (Å²) >= 11 is 2.15. The molecule has 0 bridgehead atoms. The first-order valence-electron chi connectivity index (χ1n) is 6.83. The Morgan fingerprint density at radius 3 is 2.67 bits per heavy atom. The fourth-order valence-corrected chi connectivity index (χ4v) is 2.89. The molecule has 0 heterocycles. The number of rotatable bonds is 6. The first-order chi connectivity index (χ1) is 9.74. The van der Waals surface area contributed by atoms with Crippen molar-refractivity contribution in [3.8, 4) is 0 Å². The lowest BCUT2D eigenvalue weighted by Gasteiger charge is -2.28. The van der Waals surface area contributed by atoms with Crippen molar-refractivity contribution in [1.82, 2.24) is 4.72 Å². The molecule has 0 radical (unpaired) electrons. The molecule has 1 rings (SSSR count). The monoisotopic (exact) mass is 375 g/mol. The summed E-state index contributed by atoms with van der Waals surface area (Å²) in [5.74, 6) is -0.305. The molecular formula is C15H22BrNO3S. The molecule has 118 valence electrons. The van der Waals surface area contributed by atoms with Gasteiger partial charge in [-0.25, -0.2) is 0 Å². The molecule has 0 aromatic heterocycles. The summed E-state index contributed by atoms with van der Waals surface area (Å²) in [6.07, 6.45) is 0.145. The Balaban J connectivity index is 2.92. The summed E-state index contributed by atoms with van der Waals surface area (Å²) in [6, 6.07) is 7.27. The van der Waals surface area contributed by atoms with E-state index in [1.165, 1.54) is 0 Å². The van der Waals surface area contributed by atoms with E-state index in [0.29, 0.717) is 6.61 Å². The van der Waals surface area contributed by atoms with Gasteiger partial charge >= 0.3 is 5.97 Å². The van der Waals surface area contributed by atoms with Crippen LogP contribution in [0.25, 0.3) is 0 Å². The number of benzene rings is 1. The summed E-state index contributed by atoms with van der Waals surface area (Å²) in [5, 5.41) is 0. The van der Waals surface area contributed by atoms with Crippen LogP contribution in [-0.2, 0) is 20.9 Å². The van der Waals surface area contributed by atoms with E-state index >= 15 is 0 Å². The van der Waals surface area contributed by atoms with Gasteiger partial charge in [-0.2, -0.15) is 0 Å². The van der Waals surface area contributed by atoms with Gasteiger partial charge in [-0.1, -0.05) is 28.1 Å². The summed E-state index contributed by atoms with van der Waals surface area (Å²) < 4.78 is 20.9. The molecule has 0 saturated carbocycles. The molecular weight excluding hydrogens is 354 g/mol. The number of nitrogens with one attached hydrogen (secondary N) is 1. The SMILES string of the molecule is CCOC(=O)C[C@H](N[S@+]([O-])C(C)(C)C)c1cccc(Br)c1. The molecule has 6 heteroatoms. The quantitative estimate of drug-likeness (QED) is 0.610. The Hall–Kier alpha value is -0.560. The van der Waals surface area contributed by atoms with Gasteiger partial charge in [-0.15, -0.1) is 4.72 Å². The summed E-state index contributed by atoms with van der Waals surface area (Å²) in [5.41, 5.74) is 0.898. The van der Waals surface area contributed by atoms with Gasteiger partial charge in [0.2, 0.25) is 0 Å². The third-order valence-electron chi connectivity index (χ3n) is 2.73. The van der Waals surface area contributed by atoms with Crippen molar-refractivity contribution >= 4 is 33.3 Å². The number of ether oxygens (including phenoxy) is 1. The van der Waals surface area contributed by atoms with Crippen LogP contribution < -0.4 is 4.72 Å². The lowest BCUT2D eigenvalue weighted by molar-refractivity contribution is -0.143. The van der Waals surface area contributed by atoms with Crippen molar-refractivity contribution in [2.45, 2.75) is 44.9 Å². The highest BCUT2D eigenvalue weighted by Crippen LogP contribution is 2.25. The summed E-state index contributed by atoms with van der Waals surface area (Å²) in [4.78, 5) is 11.8. The van der Waals surface area contributed by atoms with Crippen molar-refractivity contribution < 1.29 is 14.1 Å². The first kappa shape index (κ1) is 18.5. The van der Waals surface area contributed by atoms with Crippen LogP contribution in [0.5, 0.6) is 0 Å².